The van der Waals surface area contributed by atoms with E-state index in [0.29, 0.717) is 37.6 Å². The first kappa shape index (κ1) is 15.9. The minimum atomic E-state index is -0.348. The standard InChI is InChI=1S/C16H19N3O3S/c1-10-3-4-12(23-10)7-16(21)19-5-6-22-14(9-19)13-8-15(20)18-11(2)17-13/h3-4,8,14H,5-7,9H2,1-2H3,(H,17,18,20)/t14-/m1/s1. The highest BCUT2D eigenvalue weighted by Crippen LogP contribution is 2.22. The zero-order valence-corrected chi connectivity index (χ0v) is 14.0. The lowest BCUT2D eigenvalue weighted by atomic mass is 10.2. The van der Waals surface area contributed by atoms with E-state index in [1.807, 2.05) is 19.1 Å². The number of aryl methyl sites for hydroxylation is 2. The molecule has 6 nitrogen and oxygen atoms in total. The zero-order valence-electron chi connectivity index (χ0n) is 13.2. The molecular weight excluding hydrogens is 314 g/mol. The summed E-state index contributed by atoms with van der Waals surface area (Å²) in [4.78, 5) is 35.1. The van der Waals surface area contributed by atoms with Crippen LogP contribution in [-0.4, -0.2) is 40.5 Å². The zero-order chi connectivity index (χ0) is 16.4. The number of amides is 1. The van der Waals surface area contributed by atoms with Gasteiger partial charge in [0.2, 0.25) is 5.91 Å². The second kappa shape index (κ2) is 6.64. The maximum atomic E-state index is 12.5. The summed E-state index contributed by atoms with van der Waals surface area (Å²) >= 11 is 1.64. The van der Waals surface area contributed by atoms with E-state index in [1.54, 1.807) is 23.2 Å². The Hall–Kier alpha value is -1.99. The fraction of sp³-hybridized carbons (Fsp3) is 0.438. The molecule has 0 bridgehead atoms. The van der Waals surface area contributed by atoms with Crippen LogP contribution in [0.15, 0.2) is 23.0 Å². The van der Waals surface area contributed by atoms with Crippen molar-refractivity contribution in [3.63, 3.8) is 0 Å². The molecule has 7 heteroatoms. The fourth-order valence-electron chi connectivity index (χ4n) is 2.66. The van der Waals surface area contributed by atoms with Crippen molar-refractivity contribution in [3.8, 4) is 0 Å². The highest BCUT2D eigenvalue weighted by molar-refractivity contribution is 7.12. The lowest BCUT2D eigenvalue weighted by Crippen LogP contribution is -2.43. The minimum absolute atomic E-state index is 0.0849. The summed E-state index contributed by atoms with van der Waals surface area (Å²) in [5, 5.41) is 0. The summed E-state index contributed by atoms with van der Waals surface area (Å²) in [5.74, 6) is 0.635. The Morgan fingerprint density at radius 1 is 1.48 bits per heavy atom. The molecule has 0 aromatic carbocycles. The van der Waals surface area contributed by atoms with Gasteiger partial charge >= 0.3 is 0 Å². The average molecular weight is 333 g/mol. The van der Waals surface area contributed by atoms with E-state index in [4.69, 9.17) is 4.74 Å². The molecule has 1 aliphatic heterocycles. The van der Waals surface area contributed by atoms with Crippen LogP contribution < -0.4 is 5.56 Å². The molecule has 3 heterocycles. The predicted octanol–water partition coefficient (Wildman–Crippen LogP) is 1.59. The number of thiophene rings is 1. The first-order valence-electron chi connectivity index (χ1n) is 7.54. The third-order valence-corrected chi connectivity index (χ3v) is 4.75. The van der Waals surface area contributed by atoms with Crippen molar-refractivity contribution in [1.29, 1.82) is 0 Å². The third kappa shape index (κ3) is 3.86. The van der Waals surface area contributed by atoms with Crippen LogP contribution in [0.3, 0.4) is 0 Å². The van der Waals surface area contributed by atoms with Gasteiger partial charge in [-0.2, -0.15) is 0 Å². The van der Waals surface area contributed by atoms with E-state index in [2.05, 4.69) is 9.97 Å². The number of nitrogens with one attached hydrogen (secondary N) is 1. The molecule has 1 fully saturated rings. The molecule has 0 unspecified atom stereocenters. The van der Waals surface area contributed by atoms with Crippen LogP contribution in [0.5, 0.6) is 0 Å². The van der Waals surface area contributed by atoms with Crippen molar-refractivity contribution in [2.45, 2.75) is 26.4 Å². The average Bonchev–Trinajstić information content (AvgIpc) is 2.91. The van der Waals surface area contributed by atoms with Crippen molar-refractivity contribution in [1.82, 2.24) is 14.9 Å². The largest absolute Gasteiger partial charge is 0.368 e. The SMILES string of the molecule is Cc1nc([C@H]2CN(C(=O)Cc3ccc(C)s3)CCO2)cc(=O)[nH]1. The molecule has 0 spiro atoms. The van der Waals surface area contributed by atoms with Crippen LogP contribution in [0.4, 0.5) is 0 Å². The number of hydrogen-bond acceptors (Lipinski definition) is 5. The minimum Gasteiger partial charge on any atom is -0.368 e. The van der Waals surface area contributed by atoms with Crippen LogP contribution in [0.1, 0.15) is 27.4 Å². The number of rotatable bonds is 3. The lowest BCUT2D eigenvalue weighted by Gasteiger charge is -2.32. The maximum Gasteiger partial charge on any atom is 0.251 e. The summed E-state index contributed by atoms with van der Waals surface area (Å²) in [6, 6.07) is 5.46. The Labute approximate surface area is 138 Å². The van der Waals surface area contributed by atoms with Gasteiger partial charge in [0.25, 0.3) is 5.56 Å². The normalized spacial score (nSPS) is 18.2. The van der Waals surface area contributed by atoms with Gasteiger partial charge in [-0.3, -0.25) is 9.59 Å². The van der Waals surface area contributed by atoms with Crippen molar-refractivity contribution in [2.75, 3.05) is 19.7 Å². The monoisotopic (exact) mass is 333 g/mol. The van der Waals surface area contributed by atoms with Crippen LogP contribution in [0, 0.1) is 13.8 Å². The number of morpholine rings is 1. The number of aromatic nitrogens is 2. The molecule has 1 aliphatic rings. The van der Waals surface area contributed by atoms with Crippen LogP contribution >= 0.6 is 11.3 Å². The smallest absolute Gasteiger partial charge is 0.251 e. The summed E-state index contributed by atoms with van der Waals surface area (Å²) in [7, 11) is 0. The molecule has 3 rings (SSSR count). The summed E-state index contributed by atoms with van der Waals surface area (Å²) < 4.78 is 5.70. The molecular formula is C16H19N3O3S. The second-order valence-corrected chi connectivity index (χ2v) is 7.02. The molecule has 0 radical (unpaired) electrons. The Morgan fingerprint density at radius 3 is 3.00 bits per heavy atom. The molecule has 1 amide bonds. The number of hydrogen-bond donors (Lipinski definition) is 1. The van der Waals surface area contributed by atoms with Crippen molar-refractivity contribution < 1.29 is 9.53 Å². The summed E-state index contributed by atoms with van der Waals surface area (Å²) in [6.07, 6.45) is 0.0614. The number of aromatic amines is 1. The van der Waals surface area contributed by atoms with Gasteiger partial charge in [-0.25, -0.2) is 4.98 Å². The Kier molecular flexibility index (Phi) is 4.58. The predicted molar refractivity (Wildman–Crippen MR) is 87.6 cm³/mol. The van der Waals surface area contributed by atoms with Crippen molar-refractivity contribution in [2.24, 2.45) is 0 Å². The quantitative estimate of drug-likeness (QED) is 0.925. The fourth-order valence-corrected chi connectivity index (χ4v) is 3.54. The van der Waals surface area contributed by atoms with Gasteiger partial charge < -0.3 is 14.6 Å². The number of ether oxygens (including phenoxy) is 1. The Bertz CT molecular complexity index is 768. The Morgan fingerprint density at radius 2 is 2.30 bits per heavy atom. The number of H-pyrrole nitrogens is 1. The molecule has 1 atom stereocenters. The number of carbonyl (C=O) groups excluding carboxylic acids is 1. The van der Waals surface area contributed by atoms with Crippen LogP contribution in [0.2, 0.25) is 0 Å². The van der Waals surface area contributed by atoms with Crippen molar-refractivity contribution >= 4 is 17.2 Å². The molecule has 2 aromatic heterocycles. The molecule has 2 aromatic rings. The Balaban J connectivity index is 1.70. The van der Waals surface area contributed by atoms with Crippen LogP contribution in [0.25, 0.3) is 0 Å². The van der Waals surface area contributed by atoms with Gasteiger partial charge in [0.15, 0.2) is 0 Å². The van der Waals surface area contributed by atoms with Gasteiger partial charge in [-0.05, 0) is 26.0 Å². The first-order chi connectivity index (χ1) is 11.0. The van der Waals surface area contributed by atoms with E-state index in [9.17, 15) is 9.59 Å². The van der Waals surface area contributed by atoms with Crippen LogP contribution in [-0.2, 0) is 16.0 Å². The first-order valence-corrected chi connectivity index (χ1v) is 8.35. The van der Waals surface area contributed by atoms with Gasteiger partial charge in [0.05, 0.1) is 25.3 Å². The molecule has 0 aliphatic carbocycles. The molecule has 1 saturated heterocycles. The van der Waals surface area contributed by atoms with E-state index < -0.39 is 0 Å². The molecule has 122 valence electrons. The van der Waals surface area contributed by atoms with Gasteiger partial charge in [-0.15, -0.1) is 11.3 Å². The second-order valence-electron chi connectivity index (χ2n) is 5.64. The molecule has 0 saturated carbocycles. The summed E-state index contributed by atoms with van der Waals surface area (Å²) in [6.45, 7) is 5.22. The van der Waals surface area contributed by atoms with E-state index >= 15 is 0 Å². The summed E-state index contributed by atoms with van der Waals surface area (Å²) in [5.41, 5.74) is 0.379. The maximum absolute atomic E-state index is 12.5. The van der Waals surface area contributed by atoms with Crippen molar-refractivity contribution in [3.05, 3.63) is 49.8 Å². The highest BCUT2D eigenvalue weighted by atomic mass is 32.1. The van der Waals surface area contributed by atoms with Gasteiger partial charge in [0.1, 0.15) is 11.9 Å². The number of carbonyl (C=O) groups is 1. The van der Waals surface area contributed by atoms with E-state index in [0.717, 1.165) is 4.88 Å². The highest BCUT2D eigenvalue weighted by Gasteiger charge is 2.26. The lowest BCUT2D eigenvalue weighted by molar-refractivity contribution is -0.138. The van der Waals surface area contributed by atoms with Gasteiger partial charge in [-0.1, -0.05) is 0 Å². The van der Waals surface area contributed by atoms with E-state index in [-0.39, 0.29) is 17.6 Å². The number of nitrogens with zero attached hydrogens (tertiary/aromatic N) is 2. The molecule has 23 heavy (non-hydrogen) atoms. The third-order valence-electron chi connectivity index (χ3n) is 3.75. The van der Waals surface area contributed by atoms with E-state index in [1.165, 1.54) is 10.9 Å². The topological polar surface area (TPSA) is 75.3 Å². The molecule has 1 N–H and O–H groups in total. The van der Waals surface area contributed by atoms with Gasteiger partial charge in [0, 0.05) is 22.4 Å².